The van der Waals surface area contributed by atoms with Crippen molar-refractivity contribution in [2.75, 3.05) is 7.05 Å². The average Bonchev–Trinajstić information content (AvgIpc) is 2.99. The van der Waals surface area contributed by atoms with Crippen molar-refractivity contribution in [3.05, 3.63) is 29.2 Å². The third-order valence-corrected chi connectivity index (χ3v) is 3.50. The summed E-state index contributed by atoms with van der Waals surface area (Å²) in [5.74, 6) is 1.25. The van der Waals surface area contributed by atoms with E-state index < -0.39 is 0 Å². The zero-order chi connectivity index (χ0) is 13.8. The summed E-state index contributed by atoms with van der Waals surface area (Å²) in [4.78, 5) is 13.8. The highest BCUT2D eigenvalue weighted by molar-refractivity contribution is 5.78. The molecule has 2 rings (SSSR count). The van der Waals surface area contributed by atoms with Gasteiger partial charge in [0.1, 0.15) is 0 Å². The minimum atomic E-state index is 0.149. The maximum Gasteiger partial charge on any atom is 0.226 e. The number of carbonyl (C=O) groups excluding carboxylic acids is 1. The van der Waals surface area contributed by atoms with Gasteiger partial charge in [-0.15, -0.1) is 0 Å². The molecule has 0 N–H and O–H groups in total. The van der Waals surface area contributed by atoms with Crippen LogP contribution in [0, 0.1) is 0 Å². The van der Waals surface area contributed by atoms with E-state index in [4.69, 9.17) is 4.52 Å². The van der Waals surface area contributed by atoms with Crippen molar-refractivity contribution in [3.8, 4) is 0 Å². The second-order valence-electron chi connectivity index (χ2n) is 5.55. The maximum atomic E-state index is 12.1. The fourth-order valence-electron chi connectivity index (χ4n) is 2.22. The Hall–Kier alpha value is -1.58. The van der Waals surface area contributed by atoms with Gasteiger partial charge in [0, 0.05) is 19.5 Å². The number of carbonyl (C=O) groups is 1. The second-order valence-corrected chi connectivity index (χ2v) is 5.55. The molecule has 19 heavy (non-hydrogen) atoms. The number of nitrogens with zero attached hydrogens (tertiary/aromatic N) is 2. The van der Waals surface area contributed by atoms with E-state index in [0.29, 0.717) is 18.9 Å². The number of aromatic nitrogens is 1. The first-order valence-electron chi connectivity index (χ1n) is 6.93. The summed E-state index contributed by atoms with van der Waals surface area (Å²) in [5, 5.41) is 4.01. The van der Waals surface area contributed by atoms with Gasteiger partial charge in [-0.25, -0.2) is 0 Å². The Bertz CT molecular complexity index is 474. The molecule has 1 aromatic rings. The molecule has 0 bridgehead atoms. The Morgan fingerprint density at radius 3 is 2.89 bits per heavy atom. The van der Waals surface area contributed by atoms with E-state index in [1.165, 1.54) is 12.0 Å². The van der Waals surface area contributed by atoms with Crippen LogP contribution in [0.15, 0.2) is 22.2 Å². The first-order chi connectivity index (χ1) is 9.06. The number of rotatable bonds is 5. The van der Waals surface area contributed by atoms with Gasteiger partial charge in [0.2, 0.25) is 5.91 Å². The van der Waals surface area contributed by atoms with Crippen LogP contribution in [0.3, 0.4) is 0 Å². The Morgan fingerprint density at radius 2 is 2.32 bits per heavy atom. The van der Waals surface area contributed by atoms with E-state index in [-0.39, 0.29) is 5.91 Å². The molecule has 0 atom stereocenters. The van der Waals surface area contributed by atoms with Crippen molar-refractivity contribution >= 4 is 5.91 Å². The molecule has 1 amide bonds. The summed E-state index contributed by atoms with van der Waals surface area (Å²) in [5.41, 5.74) is 2.21. The SMILES string of the molecule is CC(C)c1cc(CN(C)C(=O)CC2=CCCC2)on1. The first kappa shape index (κ1) is 13.8. The third-order valence-electron chi connectivity index (χ3n) is 3.50. The van der Waals surface area contributed by atoms with Gasteiger partial charge in [0.05, 0.1) is 12.2 Å². The van der Waals surface area contributed by atoms with Gasteiger partial charge in [0.15, 0.2) is 5.76 Å². The molecule has 0 radical (unpaired) electrons. The standard InChI is InChI=1S/C15H22N2O2/c1-11(2)14-9-13(19-16-14)10-17(3)15(18)8-12-6-4-5-7-12/h6,9,11H,4-5,7-8,10H2,1-3H3. The zero-order valence-electron chi connectivity index (χ0n) is 12.0. The van der Waals surface area contributed by atoms with Crippen LogP contribution in [-0.2, 0) is 11.3 Å². The van der Waals surface area contributed by atoms with Crippen LogP contribution in [-0.4, -0.2) is 23.0 Å². The van der Waals surface area contributed by atoms with Crippen molar-refractivity contribution in [1.82, 2.24) is 10.1 Å². The molecule has 1 aliphatic rings. The van der Waals surface area contributed by atoms with Crippen LogP contribution < -0.4 is 0 Å². The molecule has 0 saturated carbocycles. The Morgan fingerprint density at radius 1 is 1.53 bits per heavy atom. The summed E-state index contributed by atoms with van der Waals surface area (Å²) >= 11 is 0. The van der Waals surface area contributed by atoms with Crippen LogP contribution in [0.25, 0.3) is 0 Å². The number of allylic oxidation sites excluding steroid dienone is 1. The van der Waals surface area contributed by atoms with Crippen LogP contribution in [0.4, 0.5) is 0 Å². The van der Waals surface area contributed by atoms with Crippen molar-refractivity contribution in [3.63, 3.8) is 0 Å². The molecule has 0 aromatic carbocycles. The molecule has 1 aromatic heterocycles. The highest BCUT2D eigenvalue weighted by Gasteiger charge is 2.16. The lowest BCUT2D eigenvalue weighted by atomic mass is 10.1. The highest BCUT2D eigenvalue weighted by Crippen LogP contribution is 2.21. The lowest BCUT2D eigenvalue weighted by Crippen LogP contribution is -2.26. The van der Waals surface area contributed by atoms with Crippen LogP contribution in [0.5, 0.6) is 0 Å². The summed E-state index contributed by atoms with van der Waals surface area (Å²) in [7, 11) is 1.81. The summed E-state index contributed by atoms with van der Waals surface area (Å²) in [6.07, 6.45) is 6.11. The Balaban J connectivity index is 1.88. The minimum absolute atomic E-state index is 0.149. The smallest absolute Gasteiger partial charge is 0.226 e. The number of hydrogen-bond donors (Lipinski definition) is 0. The molecule has 4 heteroatoms. The molecule has 4 nitrogen and oxygen atoms in total. The van der Waals surface area contributed by atoms with Gasteiger partial charge in [-0.2, -0.15) is 0 Å². The van der Waals surface area contributed by atoms with Gasteiger partial charge < -0.3 is 9.42 Å². The van der Waals surface area contributed by atoms with E-state index in [2.05, 4.69) is 25.1 Å². The predicted octanol–water partition coefficient (Wildman–Crippen LogP) is 3.26. The minimum Gasteiger partial charge on any atom is -0.359 e. The summed E-state index contributed by atoms with van der Waals surface area (Å²) in [6, 6.07) is 1.93. The Kier molecular flexibility index (Phi) is 4.40. The molecule has 0 spiro atoms. The van der Waals surface area contributed by atoms with Crippen molar-refractivity contribution in [1.29, 1.82) is 0 Å². The topological polar surface area (TPSA) is 46.3 Å². The molecule has 0 unspecified atom stereocenters. The van der Waals surface area contributed by atoms with Crippen LogP contribution in [0.1, 0.15) is 56.9 Å². The van der Waals surface area contributed by atoms with Crippen LogP contribution in [0.2, 0.25) is 0 Å². The lowest BCUT2D eigenvalue weighted by molar-refractivity contribution is -0.129. The molecular weight excluding hydrogens is 240 g/mol. The summed E-state index contributed by atoms with van der Waals surface area (Å²) in [6.45, 7) is 4.64. The fraction of sp³-hybridized carbons (Fsp3) is 0.600. The van der Waals surface area contributed by atoms with Gasteiger partial charge in [0.25, 0.3) is 0 Å². The molecule has 104 valence electrons. The molecular formula is C15H22N2O2. The summed E-state index contributed by atoms with van der Waals surface area (Å²) < 4.78 is 5.26. The largest absolute Gasteiger partial charge is 0.359 e. The second kappa shape index (κ2) is 6.04. The number of hydrogen-bond acceptors (Lipinski definition) is 3. The van der Waals surface area contributed by atoms with E-state index in [1.54, 1.807) is 4.90 Å². The normalized spacial score (nSPS) is 14.8. The predicted molar refractivity (Wildman–Crippen MR) is 73.6 cm³/mol. The van der Waals surface area contributed by atoms with E-state index in [1.807, 2.05) is 13.1 Å². The maximum absolute atomic E-state index is 12.1. The van der Waals surface area contributed by atoms with Gasteiger partial charge in [-0.1, -0.05) is 30.7 Å². The van der Waals surface area contributed by atoms with E-state index in [9.17, 15) is 4.79 Å². The average molecular weight is 262 g/mol. The van der Waals surface area contributed by atoms with Crippen LogP contribution >= 0.6 is 0 Å². The zero-order valence-corrected chi connectivity index (χ0v) is 12.0. The molecule has 0 fully saturated rings. The van der Waals surface area contributed by atoms with E-state index in [0.717, 1.165) is 24.3 Å². The third kappa shape index (κ3) is 3.69. The van der Waals surface area contributed by atoms with Crippen molar-refractivity contribution < 1.29 is 9.32 Å². The quantitative estimate of drug-likeness (QED) is 0.765. The lowest BCUT2D eigenvalue weighted by Gasteiger charge is -2.15. The molecule has 1 heterocycles. The van der Waals surface area contributed by atoms with Crippen molar-refractivity contribution in [2.24, 2.45) is 0 Å². The van der Waals surface area contributed by atoms with E-state index >= 15 is 0 Å². The molecule has 1 aliphatic carbocycles. The molecule has 0 saturated heterocycles. The highest BCUT2D eigenvalue weighted by atomic mass is 16.5. The van der Waals surface area contributed by atoms with Gasteiger partial charge in [-0.3, -0.25) is 4.79 Å². The van der Waals surface area contributed by atoms with Crippen molar-refractivity contribution in [2.45, 2.75) is 52.0 Å². The van der Waals surface area contributed by atoms with Gasteiger partial charge in [-0.05, 0) is 25.2 Å². The number of amides is 1. The first-order valence-corrected chi connectivity index (χ1v) is 6.93. The van der Waals surface area contributed by atoms with Gasteiger partial charge >= 0.3 is 0 Å². The fourth-order valence-corrected chi connectivity index (χ4v) is 2.22. The monoisotopic (exact) mass is 262 g/mol. The molecule has 0 aliphatic heterocycles. The Labute approximate surface area is 114 Å².